The van der Waals surface area contributed by atoms with Gasteiger partial charge in [-0.25, -0.2) is 9.78 Å². The first kappa shape index (κ1) is 17.4. The minimum Gasteiger partial charge on any atom is -0.493 e. The number of unbranched alkanes of at least 4 members (excludes halogenated alkanes) is 1. The summed E-state index contributed by atoms with van der Waals surface area (Å²) in [6.07, 6.45) is 1.74. The van der Waals surface area contributed by atoms with Crippen molar-refractivity contribution in [2.75, 3.05) is 51.3 Å². The van der Waals surface area contributed by atoms with Crippen LogP contribution in [0, 0.1) is 0 Å². The van der Waals surface area contributed by atoms with Gasteiger partial charge in [0, 0.05) is 32.2 Å². The predicted octanol–water partition coefficient (Wildman–Crippen LogP) is 0.883. The molecule has 1 aliphatic heterocycles. The molecule has 0 atom stereocenters. The van der Waals surface area contributed by atoms with Crippen LogP contribution in [0.3, 0.4) is 0 Å². The van der Waals surface area contributed by atoms with E-state index >= 15 is 0 Å². The summed E-state index contributed by atoms with van der Waals surface area (Å²) < 4.78 is 10.4. The van der Waals surface area contributed by atoms with Gasteiger partial charge in [-0.15, -0.1) is 0 Å². The van der Waals surface area contributed by atoms with Crippen LogP contribution in [0.1, 0.15) is 30.3 Å². The lowest BCUT2D eigenvalue weighted by Gasteiger charge is -2.26. The molecule has 0 unspecified atom stereocenters. The third-order valence-electron chi connectivity index (χ3n) is 3.47. The molecular formula is C15H24N4O4. The van der Waals surface area contributed by atoms with Gasteiger partial charge in [-0.1, -0.05) is 13.3 Å². The van der Waals surface area contributed by atoms with E-state index in [1.807, 2.05) is 6.92 Å². The Hall–Kier alpha value is -1.93. The Balaban J connectivity index is 1.84. The van der Waals surface area contributed by atoms with Crippen LogP contribution in [0.15, 0.2) is 6.07 Å². The van der Waals surface area contributed by atoms with E-state index in [9.17, 15) is 9.90 Å². The minimum absolute atomic E-state index is 0.0578. The van der Waals surface area contributed by atoms with Crippen LogP contribution in [-0.2, 0) is 9.47 Å². The predicted molar refractivity (Wildman–Crippen MR) is 84.6 cm³/mol. The first-order valence-corrected chi connectivity index (χ1v) is 7.98. The number of esters is 1. The molecule has 1 aliphatic rings. The summed E-state index contributed by atoms with van der Waals surface area (Å²) in [6, 6.07) is 1.21. The van der Waals surface area contributed by atoms with Crippen molar-refractivity contribution < 1.29 is 19.4 Å². The van der Waals surface area contributed by atoms with Gasteiger partial charge in [-0.05, 0) is 6.42 Å². The minimum atomic E-state index is -0.549. The molecule has 0 aliphatic carbocycles. The second-order valence-electron chi connectivity index (χ2n) is 5.31. The smallest absolute Gasteiger partial charge is 0.357 e. The van der Waals surface area contributed by atoms with Gasteiger partial charge in [0.1, 0.15) is 0 Å². The Bertz CT molecular complexity index is 506. The summed E-state index contributed by atoms with van der Waals surface area (Å²) in [5, 5.41) is 12.7. The van der Waals surface area contributed by atoms with Gasteiger partial charge in [0.05, 0.1) is 19.8 Å². The first-order valence-electron chi connectivity index (χ1n) is 7.98. The lowest BCUT2D eigenvalue weighted by atomic mass is 10.3. The second kappa shape index (κ2) is 9.26. The van der Waals surface area contributed by atoms with Crippen LogP contribution in [0.25, 0.3) is 0 Å². The summed E-state index contributed by atoms with van der Waals surface area (Å²) in [7, 11) is 0. The number of aromatic hydroxyl groups is 1. The number of carbonyl (C=O) groups is 1. The summed E-state index contributed by atoms with van der Waals surface area (Å²) in [5.74, 6) is -0.579. The van der Waals surface area contributed by atoms with Crippen molar-refractivity contribution in [1.29, 1.82) is 0 Å². The van der Waals surface area contributed by atoms with Crippen molar-refractivity contribution >= 4 is 11.9 Å². The van der Waals surface area contributed by atoms with E-state index in [-0.39, 0.29) is 17.5 Å². The Morgan fingerprint density at radius 2 is 2.22 bits per heavy atom. The number of morpholine rings is 1. The molecule has 1 fully saturated rings. The number of nitrogens with zero attached hydrogens (tertiary/aromatic N) is 3. The fraction of sp³-hybridized carbons (Fsp3) is 0.667. The quantitative estimate of drug-likeness (QED) is 0.537. The topological polar surface area (TPSA) is 96.8 Å². The molecule has 0 bridgehead atoms. The van der Waals surface area contributed by atoms with Gasteiger partial charge in [0.2, 0.25) is 11.8 Å². The first-order chi connectivity index (χ1) is 11.2. The molecule has 128 valence electrons. The summed E-state index contributed by atoms with van der Waals surface area (Å²) in [4.78, 5) is 22.1. The zero-order valence-corrected chi connectivity index (χ0v) is 13.5. The van der Waals surface area contributed by atoms with Gasteiger partial charge in [0.25, 0.3) is 0 Å². The average molecular weight is 324 g/mol. The molecular weight excluding hydrogens is 300 g/mol. The molecule has 0 saturated carbocycles. The number of anilines is 1. The molecule has 0 amide bonds. The van der Waals surface area contributed by atoms with E-state index in [0.29, 0.717) is 13.2 Å². The standard InChI is InChI=1S/C15H24N4O4/c1-2-3-8-23-14(21)12-11-13(20)18-15(17-12)16-4-5-19-6-9-22-10-7-19/h11H,2-10H2,1H3,(H2,16,17,18,20). The van der Waals surface area contributed by atoms with Crippen molar-refractivity contribution in [2.24, 2.45) is 0 Å². The molecule has 1 aromatic rings. The largest absolute Gasteiger partial charge is 0.493 e. The van der Waals surface area contributed by atoms with Crippen LogP contribution < -0.4 is 5.32 Å². The second-order valence-corrected chi connectivity index (χ2v) is 5.31. The normalized spacial score (nSPS) is 15.3. The molecule has 1 aromatic heterocycles. The Labute approximate surface area is 135 Å². The molecule has 23 heavy (non-hydrogen) atoms. The molecule has 0 spiro atoms. The number of hydrogen-bond donors (Lipinski definition) is 2. The SMILES string of the molecule is CCCCOC(=O)c1cc(O)nc(NCCN2CCOCC2)n1. The number of carbonyl (C=O) groups excluding carboxylic acids is 1. The summed E-state index contributed by atoms with van der Waals surface area (Å²) >= 11 is 0. The highest BCUT2D eigenvalue weighted by molar-refractivity contribution is 5.87. The lowest BCUT2D eigenvalue weighted by Crippen LogP contribution is -2.39. The third-order valence-corrected chi connectivity index (χ3v) is 3.47. The highest BCUT2D eigenvalue weighted by Gasteiger charge is 2.14. The van der Waals surface area contributed by atoms with Crippen molar-refractivity contribution in [2.45, 2.75) is 19.8 Å². The molecule has 1 saturated heterocycles. The Kier molecular flexibility index (Phi) is 7.02. The molecule has 0 aromatic carbocycles. The average Bonchev–Trinajstić information content (AvgIpc) is 2.55. The molecule has 8 nitrogen and oxygen atoms in total. The van der Waals surface area contributed by atoms with Crippen LogP contribution >= 0.6 is 0 Å². The highest BCUT2D eigenvalue weighted by atomic mass is 16.5. The van der Waals surface area contributed by atoms with Crippen LogP contribution in [0.4, 0.5) is 5.95 Å². The summed E-state index contributed by atoms with van der Waals surface area (Å²) in [5.41, 5.74) is 0.0578. The Morgan fingerprint density at radius 1 is 1.43 bits per heavy atom. The van der Waals surface area contributed by atoms with Gasteiger partial charge >= 0.3 is 5.97 Å². The van der Waals surface area contributed by atoms with E-state index < -0.39 is 5.97 Å². The number of aromatic nitrogens is 2. The fourth-order valence-electron chi connectivity index (χ4n) is 2.15. The van der Waals surface area contributed by atoms with E-state index in [1.165, 1.54) is 6.07 Å². The zero-order valence-electron chi connectivity index (χ0n) is 13.5. The van der Waals surface area contributed by atoms with E-state index in [4.69, 9.17) is 9.47 Å². The maximum absolute atomic E-state index is 11.9. The van der Waals surface area contributed by atoms with Gasteiger partial charge in [0.15, 0.2) is 5.69 Å². The molecule has 8 heteroatoms. The molecule has 2 N–H and O–H groups in total. The van der Waals surface area contributed by atoms with Gasteiger partial charge in [-0.3, -0.25) is 4.90 Å². The van der Waals surface area contributed by atoms with Crippen molar-refractivity contribution in [3.05, 3.63) is 11.8 Å². The van der Waals surface area contributed by atoms with Crippen molar-refractivity contribution in [3.63, 3.8) is 0 Å². The number of hydrogen-bond acceptors (Lipinski definition) is 8. The van der Waals surface area contributed by atoms with E-state index in [2.05, 4.69) is 20.2 Å². The number of rotatable bonds is 8. The van der Waals surface area contributed by atoms with Crippen LogP contribution in [0.2, 0.25) is 0 Å². The summed E-state index contributed by atoms with van der Waals surface area (Å²) in [6.45, 7) is 7.09. The monoisotopic (exact) mass is 324 g/mol. The highest BCUT2D eigenvalue weighted by Crippen LogP contribution is 2.12. The maximum Gasteiger partial charge on any atom is 0.357 e. The third kappa shape index (κ3) is 5.99. The maximum atomic E-state index is 11.9. The number of nitrogens with one attached hydrogen (secondary N) is 1. The Morgan fingerprint density at radius 3 is 2.96 bits per heavy atom. The van der Waals surface area contributed by atoms with E-state index in [0.717, 1.165) is 45.7 Å². The number of ether oxygens (including phenoxy) is 2. The molecule has 2 rings (SSSR count). The van der Waals surface area contributed by atoms with Crippen molar-refractivity contribution in [1.82, 2.24) is 14.9 Å². The molecule has 0 radical (unpaired) electrons. The van der Waals surface area contributed by atoms with Crippen LogP contribution in [-0.4, -0.2) is 71.9 Å². The lowest BCUT2D eigenvalue weighted by molar-refractivity contribution is 0.0398. The van der Waals surface area contributed by atoms with Crippen molar-refractivity contribution in [3.8, 4) is 5.88 Å². The fourth-order valence-corrected chi connectivity index (χ4v) is 2.15. The zero-order chi connectivity index (χ0) is 16.5. The van der Waals surface area contributed by atoms with E-state index in [1.54, 1.807) is 0 Å². The van der Waals surface area contributed by atoms with Gasteiger partial charge in [-0.2, -0.15) is 4.98 Å². The molecule has 2 heterocycles. The van der Waals surface area contributed by atoms with Gasteiger partial charge < -0.3 is 19.9 Å². The van der Waals surface area contributed by atoms with Crippen LogP contribution in [0.5, 0.6) is 5.88 Å².